The average Bonchev–Trinajstić information content (AvgIpc) is 2.93. The molecule has 0 saturated heterocycles. The van der Waals surface area contributed by atoms with E-state index < -0.39 is 38.1 Å². The third-order valence-corrected chi connectivity index (χ3v) is 6.68. The van der Waals surface area contributed by atoms with Gasteiger partial charge in [-0.25, -0.2) is 21.6 Å². The number of halogens is 4. The summed E-state index contributed by atoms with van der Waals surface area (Å²) < 4.78 is 71.5. The molecule has 1 aromatic heterocycles. The number of nitrogens with zero attached hydrogens (tertiary/aromatic N) is 3. The highest BCUT2D eigenvalue weighted by atomic mass is 35.5. The van der Waals surface area contributed by atoms with E-state index in [-0.39, 0.29) is 16.4 Å². The summed E-state index contributed by atoms with van der Waals surface area (Å²) in [6.45, 7) is 0.578. The van der Waals surface area contributed by atoms with Crippen LogP contribution < -0.4 is 4.72 Å². The number of hydrogen-bond acceptors (Lipinski definition) is 4. The highest BCUT2D eigenvalue weighted by molar-refractivity contribution is 7.92. The molecule has 1 aliphatic heterocycles. The molecule has 4 rings (SSSR count). The summed E-state index contributed by atoms with van der Waals surface area (Å²) in [5.41, 5.74) is -0.613. The Morgan fingerprint density at radius 1 is 1.00 bits per heavy atom. The van der Waals surface area contributed by atoms with Crippen molar-refractivity contribution in [3.8, 4) is 11.4 Å². The fourth-order valence-electron chi connectivity index (χ4n) is 3.37. The second-order valence-electron chi connectivity index (χ2n) is 6.89. The highest BCUT2D eigenvalue weighted by Gasteiger charge is 2.24. The third kappa shape index (κ3) is 3.89. The summed E-state index contributed by atoms with van der Waals surface area (Å²) in [7, 11) is -4.44. The molecule has 0 amide bonds. The lowest BCUT2D eigenvalue weighted by molar-refractivity contribution is 0.581. The molecule has 0 fully saturated rings. The lowest BCUT2D eigenvalue weighted by Gasteiger charge is -2.13. The predicted octanol–water partition coefficient (Wildman–Crippen LogP) is 4.54. The van der Waals surface area contributed by atoms with Gasteiger partial charge in [0, 0.05) is 19.0 Å². The summed E-state index contributed by atoms with van der Waals surface area (Å²) in [5.74, 6) is -1.98. The Hall–Kier alpha value is -2.59. The zero-order valence-electron chi connectivity index (χ0n) is 15.5. The molecule has 0 atom stereocenters. The molecule has 30 heavy (non-hydrogen) atoms. The van der Waals surface area contributed by atoms with Gasteiger partial charge in [0.05, 0.1) is 16.3 Å². The fraction of sp³-hybridized carbons (Fsp3) is 0.263. The van der Waals surface area contributed by atoms with Gasteiger partial charge in [0.1, 0.15) is 28.2 Å². The first-order valence-electron chi connectivity index (χ1n) is 9.15. The zero-order valence-corrected chi connectivity index (χ0v) is 17.1. The number of fused-ring (bicyclic) bond motifs is 1. The van der Waals surface area contributed by atoms with Gasteiger partial charge in [0.15, 0.2) is 5.82 Å². The minimum absolute atomic E-state index is 0.0971. The Bertz CT molecular complexity index is 1230. The van der Waals surface area contributed by atoms with E-state index in [1.54, 1.807) is 4.57 Å². The van der Waals surface area contributed by atoms with Crippen LogP contribution >= 0.6 is 11.6 Å². The predicted molar refractivity (Wildman–Crippen MR) is 105 cm³/mol. The Morgan fingerprint density at radius 3 is 2.60 bits per heavy atom. The molecule has 2 aromatic carbocycles. The zero-order chi connectivity index (χ0) is 21.5. The summed E-state index contributed by atoms with van der Waals surface area (Å²) in [6.07, 6.45) is 3.48. The van der Waals surface area contributed by atoms with Crippen LogP contribution in [0.1, 0.15) is 25.1 Å². The van der Waals surface area contributed by atoms with E-state index in [0.717, 1.165) is 37.5 Å². The Morgan fingerprint density at radius 2 is 1.80 bits per heavy atom. The quantitative estimate of drug-likeness (QED) is 0.625. The molecule has 0 saturated carbocycles. The second-order valence-corrected chi connectivity index (χ2v) is 8.95. The van der Waals surface area contributed by atoms with Gasteiger partial charge in [-0.3, -0.25) is 4.72 Å². The van der Waals surface area contributed by atoms with E-state index in [1.807, 2.05) is 4.72 Å². The highest BCUT2D eigenvalue weighted by Crippen LogP contribution is 2.31. The number of anilines is 1. The number of nitrogens with one attached hydrogen (secondary N) is 1. The van der Waals surface area contributed by atoms with Gasteiger partial charge in [0.25, 0.3) is 10.0 Å². The first-order valence-corrected chi connectivity index (χ1v) is 11.0. The molecule has 0 spiro atoms. The Balaban J connectivity index is 1.76. The summed E-state index contributed by atoms with van der Waals surface area (Å²) >= 11 is 5.86. The van der Waals surface area contributed by atoms with Crippen LogP contribution in [0.4, 0.5) is 18.9 Å². The average molecular weight is 457 g/mol. The number of sulfonamides is 1. The Kier molecular flexibility index (Phi) is 5.46. The van der Waals surface area contributed by atoms with Crippen molar-refractivity contribution in [3.63, 3.8) is 0 Å². The normalized spacial score (nSPS) is 14.3. The molecule has 1 N–H and O–H groups in total. The minimum Gasteiger partial charge on any atom is -0.311 e. The van der Waals surface area contributed by atoms with Gasteiger partial charge < -0.3 is 4.57 Å². The van der Waals surface area contributed by atoms with E-state index in [2.05, 4.69) is 10.2 Å². The topological polar surface area (TPSA) is 76.9 Å². The van der Waals surface area contributed by atoms with Gasteiger partial charge in [-0.2, -0.15) is 0 Å². The van der Waals surface area contributed by atoms with Crippen molar-refractivity contribution >= 4 is 27.3 Å². The molecule has 6 nitrogen and oxygen atoms in total. The summed E-state index contributed by atoms with van der Waals surface area (Å²) in [4.78, 5) is -0.564. The van der Waals surface area contributed by atoms with Crippen LogP contribution in [0.15, 0.2) is 35.2 Å². The monoisotopic (exact) mass is 456 g/mol. The second kappa shape index (κ2) is 7.92. The molecule has 0 aliphatic carbocycles. The number of hydrogen-bond donors (Lipinski definition) is 1. The van der Waals surface area contributed by atoms with Crippen LogP contribution in [0, 0.1) is 17.5 Å². The van der Waals surface area contributed by atoms with E-state index in [4.69, 9.17) is 11.6 Å². The standard InChI is InChI=1S/C19H16ClF3N4O2S/c20-13-6-5-11(21)8-17(13)30(28,29)26-16-9-12(14(22)10-15(16)23)19-25-24-18-4-2-1-3-7-27(18)19/h5-6,8-10,26H,1-4,7H2. The molecule has 1 aliphatic rings. The lowest BCUT2D eigenvalue weighted by atomic mass is 10.1. The Labute approximate surface area is 175 Å². The van der Waals surface area contributed by atoms with Gasteiger partial charge in [-0.05, 0) is 37.1 Å². The number of benzene rings is 2. The van der Waals surface area contributed by atoms with Gasteiger partial charge >= 0.3 is 0 Å². The number of aryl methyl sites for hydroxylation is 1. The lowest BCUT2D eigenvalue weighted by Crippen LogP contribution is -2.15. The van der Waals surface area contributed by atoms with Crippen molar-refractivity contribution in [1.82, 2.24) is 14.8 Å². The molecule has 158 valence electrons. The maximum absolute atomic E-state index is 14.6. The van der Waals surface area contributed by atoms with Crippen LogP contribution in [0.25, 0.3) is 11.4 Å². The molecule has 0 radical (unpaired) electrons. The van der Waals surface area contributed by atoms with Gasteiger partial charge in [-0.15, -0.1) is 10.2 Å². The molecule has 0 bridgehead atoms. The first kappa shape index (κ1) is 20.7. The molecule has 11 heteroatoms. The van der Waals surface area contributed by atoms with Crippen molar-refractivity contribution in [2.75, 3.05) is 4.72 Å². The molecule has 2 heterocycles. The van der Waals surface area contributed by atoms with E-state index in [0.29, 0.717) is 30.9 Å². The van der Waals surface area contributed by atoms with E-state index in [9.17, 15) is 21.6 Å². The van der Waals surface area contributed by atoms with E-state index >= 15 is 0 Å². The van der Waals surface area contributed by atoms with Crippen molar-refractivity contribution in [2.24, 2.45) is 0 Å². The SMILES string of the molecule is O=S(=O)(Nc1cc(-c2nnc3n2CCCCC3)c(F)cc1F)c1cc(F)ccc1Cl. The van der Waals surface area contributed by atoms with Crippen molar-refractivity contribution in [1.29, 1.82) is 0 Å². The largest absolute Gasteiger partial charge is 0.311 e. The van der Waals surface area contributed by atoms with Gasteiger partial charge in [-0.1, -0.05) is 18.0 Å². The first-order chi connectivity index (χ1) is 14.3. The van der Waals surface area contributed by atoms with Gasteiger partial charge in [0.2, 0.25) is 0 Å². The van der Waals surface area contributed by atoms with Crippen molar-refractivity contribution < 1.29 is 21.6 Å². The molecule has 0 unspecified atom stereocenters. The molecule has 3 aromatic rings. The number of aromatic nitrogens is 3. The maximum Gasteiger partial charge on any atom is 0.263 e. The molecular weight excluding hydrogens is 441 g/mol. The third-order valence-electron chi connectivity index (χ3n) is 4.83. The smallest absolute Gasteiger partial charge is 0.263 e. The number of rotatable bonds is 4. The maximum atomic E-state index is 14.6. The van der Waals surface area contributed by atoms with Crippen LogP contribution in [-0.4, -0.2) is 23.2 Å². The fourth-order valence-corrected chi connectivity index (χ4v) is 4.94. The van der Waals surface area contributed by atoms with Crippen LogP contribution in [-0.2, 0) is 23.0 Å². The van der Waals surface area contributed by atoms with Crippen LogP contribution in [0.2, 0.25) is 5.02 Å². The van der Waals surface area contributed by atoms with Crippen LogP contribution in [0.5, 0.6) is 0 Å². The van der Waals surface area contributed by atoms with E-state index in [1.165, 1.54) is 0 Å². The van der Waals surface area contributed by atoms with Crippen molar-refractivity contribution in [3.05, 3.63) is 58.6 Å². The summed E-state index contributed by atoms with van der Waals surface area (Å²) in [5, 5.41) is 7.87. The van der Waals surface area contributed by atoms with Crippen molar-refractivity contribution in [2.45, 2.75) is 37.1 Å². The molecular formula is C19H16ClF3N4O2S. The van der Waals surface area contributed by atoms with Crippen LogP contribution in [0.3, 0.4) is 0 Å². The minimum atomic E-state index is -4.44. The summed E-state index contributed by atoms with van der Waals surface area (Å²) in [6, 6.07) is 4.36.